The largest absolute Gasteiger partial charge is 0.490 e. The number of ether oxygens (including phenoxy) is 1. The van der Waals surface area contributed by atoms with Crippen molar-refractivity contribution in [1.29, 1.82) is 0 Å². The minimum absolute atomic E-state index is 0.297. The van der Waals surface area contributed by atoms with Crippen molar-refractivity contribution in [3.8, 4) is 0 Å². The van der Waals surface area contributed by atoms with Crippen LogP contribution in [0.3, 0.4) is 0 Å². The van der Waals surface area contributed by atoms with Crippen LogP contribution in [-0.4, -0.2) is 79.2 Å². The van der Waals surface area contributed by atoms with E-state index in [4.69, 9.17) is 24.5 Å². The van der Waals surface area contributed by atoms with Crippen LogP contribution < -0.4 is 0 Å². The number of aromatic nitrogens is 3. The maximum Gasteiger partial charge on any atom is 0.490 e. The van der Waals surface area contributed by atoms with Gasteiger partial charge in [0.25, 0.3) is 0 Å². The number of alkyl halides is 6. The van der Waals surface area contributed by atoms with Gasteiger partial charge in [0.1, 0.15) is 5.82 Å². The summed E-state index contributed by atoms with van der Waals surface area (Å²) in [4.78, 5) is 29.0. The van der Waals surface area contributed by atoms with Gasteiger partial charge in [0.15, 0.2) is 0 Å². The first-order valence-corrected chi connectivity index (χ1v) is 10.5. The molecule has 1 aliphatic rings. The number of likely N-dealkylation sites (tertiary alicyclic amines) is 1. The second-order valence-corrected chi connectivity index (χ2v) is 7.45. The zero-order chi connectivity index (χ0) is 27.5. The molecule has 2 N–H and O–H groups in total. The molecule has 0 radical (unpaired) electrons. The van der Waals surface area contributed by atoms with Crippen molar-refractivity contribution in [1.82, 2.24) is 19.4 Å². The van der Waals surface area contributed by atoms with Crippen LogP contribution in [0.2, 0.25) is 0 Å². The Morgan fingerprint density at radius 2 is 1.69 bits per heavy atom. The van der Waals surface area contributed by atoms with E-state index in [9.17, 15) is 26.3 Å². The first kappa shape index (κ1) is 30.8. The van der Waals surface area contributed by atoms with E-state index in [-0.39, 0.29) is 0 Å². The highest BCUT2D eigenvalue weighted by molar-refractivity contribution is 5.73. The lowest BCUT2D eigenvalue weighted by Gasteiger charge is -2.28. The molecule has 0 saturated carbocycles. The highest BCUT2D eigenvalue weighted by Crippen LogP contribution is 2.25. The second-order valence-electron chi connectivity index (χ2n) is 7.45. The van der Waals surface area contributed by atoms with Crippen LogP contribution in [0.1, 0.15) is 24.7 Å². The van der Waals surface area contributed by atoms with Gasteiger partial charge in [-0.05, 0) is 31.4 Å². The number of carbonyl (C=O) groups is 2. The third kappa shape index (κ3) is 10.6. The second kappa shape index (κ2) is 13.8. The maximum atomic E-state index is 10.6. The Balaban J connectivity index is 0.000000383. The van der Waals surface area contributed by atoms with Gasteiger partial charge in [-0.15, -0.1) is 0 Å². The van der Waals surface area contributed by atoms with E-state index >= 15 is 0 Å². The van der Waals surface area contributed by atoms with Crippen molar-refractivity contribution in [2.75, 3.05) is 13.2 Å². The molecule has 2 aromatic heterocycles. The molecule has 36 heavy (non-hydrogen) atoms. The molecule has 0 amide bonds. The first-order valence-electron chi connectivity index (χ1n) is 10.5. The van der Waals surface area contributed by atoms with Gasteiger partial charge in [0, 0.05) is 51.0 Å². The molecule has 0 bridgehead atoms. The summed E-state index contributed by atoms with van der Waals surface area (Å²) < 4.78 is 71.5. The highest BCUT2D eigenvalue weighted by Gasteiger charge is 2.39. The van der Waals surface area contributed by atoms with Gasteiger partial charge in [-0.2, -0.15) is 26.3 Å². The summed E-state index contributed by atoms with van der Waals surface area (Å²) in [7, 11) is 2.05. The summed E-state index contributed by atoms with van der Waals surface area (Å²) in [6.45, 7) is 4.77. The minimum Gasteiger partial charge on any atom is -0.475 e. The predicted molar refractivity (Wildman–Crippen MR) is 113 cm³/mol. The molecule has 2 aromatic rings. The smallest absolute Gasteiger partial charge is 0.475 e. The molecular formula is C21H26F6N4O5. The lowest BCUT2D eigenvalue weighted by atomic mass is 10.0. The molecule has 0 aliphatic carbocycles. The summed E-state index contributed by atoms with van der Waals surface area (Å²) in [5, 5.41) is 14.2. The Hall–Kier alpha value is -3.20. The molecule has 1 aliphatic heterocycles. The number of aryl methyl sites for hydroxylation is 1. The van der Waals surface area contributed by atoms with Crippen molar-refractivity contribution in [3.63, 3.8) is 0 Å². The zero-order valence-corrected chi connectivity index (χ0v) is 19.3. The van der Waals surface area contributed by atoms with E-state index in [1.807, 2.05) is 30.9 Å². The van der Waals surface area contributed by atoms with E-state index in [0.717, 1.165) is 38.4 Å². The lowest BCUT2D eigenvalue weighted by molar-refractivity contribution is -0.193. The van der Waals surface area contributed by atoms with Gasteiger partial charge >= 0.3 is 24.3 Å². The molecule has 0 spiro atoms. The SMILES string of the molecule is CCO[C@@H]1CCN(Cc2nccn2C)[C@@H]1Cc1cccnc1.O=C(O)C(F)(F)F.O=C(O)C(F)(F)F. The highest BCUT2D eigenvalue weighted by atomic mass is 19.4. The summed E-state index contributed by atoms with van der Waals surface area (Å²) in [5.74, 6) is -4.41. The third-order valence-corrected chi connectivity index (χ3v) is 4.90. The maximum absolute atomic E-state index is 10.6. The van der Waals surface area contributed by atoms with Crippen molar-refractivity contribution in [2.24, 2.45) is 7.05 Å². The number of nitrogens with zero attached hydrogens (tertiary/aromatic N) is 4. The first-order chi connectivity index (χ1) is 16.7. The number of rotatable bonds is 6. The Morgan fingerprint density at radius 3 is 2.11 bits per heavy atom. The van der Waals surface area contributed by atoms with Crippen LogP contribution in [0.25, 0.3) is 0 Å². The van der Waals surface area contributed by atoms with Crippen molar-refractivity contribution < 1.29 is 50.9 Å². The fourth-order valence-corrected chi connectivity index (χ4v) is 3.24. The number of carboxylic acid groups (broad SMARTS) is 2. The monoisotopic (exact) mass is 528 g/mol. The standard InChI is InChI=1S/C17H24N4O.2C2HF3O2/c1-3-22-16-6-9-21(13-17-19-8-10-20(17)2)15(16)11-14-5-4-7-18-12-14;2*3-2(4,5)1(6)7/h4-5,7-8,10,12,15-16H,3,6,9,11,13H2,1-2H3;2*(H,6,7)/t15-,16-;;/m1../s1. The van der Waals surface area contributed by atoms with Crippen LogP contribution in [0, 0.1) is 0 Å². The number of imidazole rings is 1. The number of aliphatic carboxylic acids is 2. The van der Waals surface area contributed by atoms with Crippen molar-refractivity contribution in [3.05, 3.63) is 48.3 Å². The number of hydrogen-bond acceptors (Lipinski definition) is 6. The van der Waals surface area contributed by atoms with Crippen LogP contribution in [0.4, 0.5) is 26.3 Å². The summed E-state index contributed by atoms with van der Waals surface area (Å²) in [6.07, 6.45) is -0.162. The molecule has 2 atom stereocenters. The molecule has 1 fully saturated rings. The van der Waals surface area contributed by atoms with Crippen LogP contribution >= 0.6 is 0 Å². The molecular weight excluding hydrogens is 502 g/mol. The summed E-state index contributed by atoms with van der Waals surface area (Å²) in [5.41, 5.74) is 1.27. The summed E-state index contributed by atoms with van der Waals surface area (Å²) in [6, 6.07) is 4.54. The molecule has 1 saturated heterocycles. The Kier molecular flexibility index (Phi) is 11.8. The van der Waals surface area contributed by atoms with E-state index in [0.29, 0.717) is 12.1 Å². The fraction of sp³-hybridized carbons (Fsp3) is 0.524. The van der Waals surface area contributed by atoms with Gasteiger partial charge in [0.05, 0.1) is 12.6 Å². The average Bonchev–Trinajstić information content (AvgIpc) is 3.35. The lowest BCUT2D eigenvalue weighted by Crippen LogP contribution is -2.38. The molecule has 0 aromatic carbocycles. The minimum atomic E-state index is -5.08. The number of hydrogen-bond donors (Lipinski definition) is 2. The number of halogens is 6. The Bertz CT molecular complexity index is 928. The van der Waals surface area contributed by atoms with E-state index < -0.39 is 24.3 Å². The van der Waals surface area contributed by atoms with Gasteiger partial charge in [-0.25, -0.2) is 14.6 Å². The molecule has 15 heteroatoms. The van der Waals surface area contributed by atoms with Crippen LogP contribution in [-0.2, 0) is 34.3 Å². The predicted octanol–water partition coefficient (Wildman–Crippen LogP) is 3.30. The topological polar surface area (TPSA) is 118 Å². The third-order valence-electron chi connectivity index (χ3n) is 4.90. The molecule has 3 rings (SSSR count). The van der Waals surface area contributed by atoms with E-state index in [1.54, 1.807) is 0 Å². The normalized spacial score (nSPS) is 18.0. The van der Waals surface area contributed by atoms with Gasteiger partial charge in [-0.1, -0.05) is 6.07 Å². The quantitative estimate of drug-likeness (QED) is 0.549. The van der Waals surface area contributed by atoms with Gasteiger partial charge in [0.2, 0.25) is 0 Å². The number of carboxylic acids is 2. The van der Waals surface area contributed by atoms with E-state index in [2.05, 4.69) is 39.5 Å². The molecule has 9 nitrogen and oxygen atoms in total. The fourth-order valence-electron chi connectivity index (χ4n) is 3.24. The van der Waals surface area contributed by atoms with E-state index in [1.165, 1.54) is 5.56 Å². The summed E-state index contributed by atoms with van der Waals surface area (Å²) >= 11 is 0. The molecule has 202 valence electrons. The van der Waals surface area contributed by atoms with Gasteiger partial charge < -0.3 is 19.5 Å². The Labute approximate surface area is 202 Å². The number of pyridine rings is 1. The van der Waals surface area contributed by atoms with Gasteiger partial charge in [-0.3, -0.25) is 9.88 Å². The average molecular weight is 528 g/mol. The molecule has 3 heterocycles. The van der Waals surface area contributed by atoms with Crippen molar-refractivity contribution in [2.45, 2.75) is 50.8 Å². The Morgan fingerprint density at radius 1 is 1.11 bits per heavy atom. The van der Waals surface area contributed by atoms with Crippen molar-refractivity contribution >= 4 is 11.9 Å². The zero-order valence-electron chi connectivity index (χ0n) is 19.3. The van der Waals surface area contributed by atoms with Crippen LogP contribution in [0.5, 0.6) is 0 Å². The molecule has 0 unspecified atom stereocenters. The van der Waals surface area contributed by atoms with Crippen LogP contribution in [0.15, 0.2) is 36.9 Å².